The van der Waals surface area contributed by atoms with Crippen molar-refractivity contribution >= 4 is 6.21 Å². The SMILES string of the molecule is CC1(C)C(O)C(C(F)(F)F)C=[N+]1[O-]. The maximum absolute atomic E-state index is 12.2. The first-order valence-corrected chi connectivity index (χ1v) is 3.73. The molecule has 0 saturated heterocycles. The van der Waals surface area contributed by atoms with Crippen LogP contribution in [0.2, 0.25) is 0 Å². The molecule has 13 heavy (non-hydrogen) atoms. The highest BCUT2D eigenvalue weighted by atomic mass is 19.4. The van der Waals surface area contributed by atoms with Gasteiger partial charge >= 0.3 is 6.18 Å². The van der Waals surface area contributed by atoms with E-state index in [1.165, 1.54) is 13.8 Å². The van der Waals surface area contributed by atoms with Gasteiger partial charge in [0.05, 0.1) is 0 Å². The third-order valence-corrected chi connectivity index (χ3v) is 2.31. The fraction of sp³-hybridized carbons (Fsp3) is 0.857. The molecule has 1 aliphatic rings. The fourth-order valence-electron chi connectivity index (χ4n) is 1.25. The van der Waals surface area contributed by atoms with Crippen LogP contribution in [0.25, 0.3) is 0 Å². The monoisotopic (exact) mass is 197 g/mol. The number of nitrogens with zero attached hydrogens (tertiary/aromatic N) is 1. The second kappa shape index (κ2) is 2.60. The highest BCUT2D eigenvalue weighted by molar-refractivity contribution is 5.60. The van der Waals surface area contributed by atoms with Crippen LogP contribution in [0.5, 0.6) is 0 Å². The molecular weight excluding hydrogens is 187 g/mol. The number of alkyl halides is 3. The number of aliphatic hydroxyl groups excluding tert-OH is 1. The average molecular weight is 197 g/mol. The summed E-state index contributed by atoms with van der Waals surface area (Å²) < 4.78 is 36.7. The van der Waals surface area contributed by atoms with Crippen LogP contribution in [-0.2, 0) is 0 Å². The Hall–Kier alpha value is -0.780. The van der Waals surface area contributed by atoms with E-state index < -0.39 is 23.7 Å². The lowest BCUT2D eigenvalue weighted by molar-refractivity contribution is -0.538. The smallest absolute Gasteiger partial charge is 0.403 e. The highest BCUT2D eigenvalue weighted by Crippen LogP contribution is 2.36. The van der Waals surface area contributed by atoms with Gasteiger partial charge in [-0.25, -0.2) is 4.74 Å². The molecule has 0 aromatic heterocycles. The zero-order valence-electron chi connectivity index (χ0n) is 7.17. The Bertz CT molecular complexity index is 247. The van der Waals surface area contributed by atoms with Crippen molar-refractivity contribution in [3.8, 4) is 0 Å². The molecule has 0 aromatic rings. The standard InChI is InChI=1S/C7H10F3NO2/c1-6(2)5(12)4(3-11(6)13)7(8,9)10/h3-5,12H,1-2H3. The van der Waals surface area contributed by atoms with Crippen LogP contribution in [0.1, 0.15) is 13.8 Å². The van der Waals surface area contributed by atoms with Gasteiger partial charge in [-0.3, -0.25) is 0 Å². The summed E-state index contributed by atoms with van der Waals surface area (Å²) >= 11 is 0. The lowest BCUT2D eigenvalue weighted by atomic mass is 9.91. The second-order valence-electron chi connectivity index (χ2n) is 3.64. The van der Waals surface area contributed by atoms with E-state index in [0.717, 1.165) is 0 Å². The van der Waals surface area contributed by atoms with Crippen molar-refractivity contribution in [2.24, 2.45) is 5.92 Å². The maximum Gasteiger partial charge on any atom is 0.403 e. The first kappa shape index (κ1) is 10.3. The number of hydrogen-bond acceptors (Lipinski definition) is 2. The Balaban J connectivity index is 2.98. The third-order valence-electron chi connectivity index (χ3n) is 2.31. The molecule has 0 bridgehead atoms. The fourth-order valence-corrected chi connectivity index (χ4v) is 1.25. The summed E-state index contributed by atoms with van der Waals surface area (Å²) in [4.78, 5) is 0. The molecule has 3 nitrogen and oxygen atoms in total. The summed E-state index contributed by atoms with van der Waals surface area (Å²) in [6.45, 7) is 2.54. The molecule has 2 atom stereocenters. The van der Waals surface area contributed by atoms with Crippen molar-refractivity contribution in [1.29, 1.82) is 0 Å². The lowest BCUT2D eigenvalue weighted by Gasteiger charge is -2.24. The van der Waals surface area contributed by atoms with Crippen LogP contribution in [0.4, 0.5) is 13.2 Å². The summed E-state index contributed by atoms with van der Waals surface area (Å²) in [7, 11) is 0. The highest BCUT2D eigenvalue weighted by Gasteiger charge is 2.58. The van der Waals surface area contributed by atoms with Crippen LogP contribution in [0, 0.1) is 11.1 Å². The summed E-state index contributed by atoms with van der Waals surface area (Å²) in [6, 6.07) is 0. The molecule has 0 saturated carbocycles. The molecule has 1 N–H and O–H groups in total. The minimum absolute atomic E-state index is 0.163. The van der Waals surface area contributed by atoms with Gasteiger partial charge in [-0.05, 0) is 0 Å². The van der Waals surface area contributed by atoms with E-state index in [0.29, 0.717) is 6.21 Å². The Morgan fingerprint density at radius 3 is 2.08 bits per heavy atom. The van der Waals surface area contributed by atoms with E-state index >= 15 is 0 Å². The van der Waals surface area contributed by atoms with Crippen molar-refractivity contribution < 1.29 is 23.0 Å². The summed E-state index contributed by atoms with van der Waals surface area (Å²) in [5.74, 6) is -2.06. The molecule has 1 aliphatic heterocycles. The second-order valence-corrected chi connectivity index (χ2v) is 3.64. The zero-order valence-corrected chi connectivity index (χ0v) is 7.17. The largest absolute Gasteiger partial charge is 0.624 e. The Kier molecular flexibility index (Phi) is 2.06. The molecule has 6 heteroatoms. The van der Waals surface area contributed by atoms with Crippen LogP contribution in [0.15, 0.2) is 0 Å². The van der Waals surface area contributed by atoms with Gasteiger partial charge < -0.3 is 10.3 Å². The van der Waals surface area contributed by atoms with Gasteiger partial charge in [0.25, 0.3) is 0 Å². The molecule has 76 valence electrons. The van der Waals surface area contributed by atoms with Gasteiger partial charge in [0, 0.05) is 13.8 Å². The molecule has 1 rings (SSSR count). The van der Waals surface area contributed by atoms with Gasteiger partial charge in [0.15, 0.2) is 17.7 Å². The molecule has 0 fully saturated rings. The van der Waals surface area contributed by atoms with E-state index in [1.54, 1.807) is 0 Å². The predicted octanol–water partition coefficient (Wildman–Crippen LogP) is 0.899. The maximum atomic E-state index is 12.2. The van der Waals surface area contributed by atoms with E-state index in [9.17, 15) is 23.5 Å². The van der Waals surface area contributed by atoms with Gasteiger partial charge in [-0.1, -0.05) is 0 Å². The molecule has 0 aliphatic carbocycles. The number of rotatable bonds is 0. The van der Waals surface area contributed by atoms with Crippen LogP contribution in [0.3, 0.4) is 0 Å². The summed E-state index contributed by atoms with van der Waals surface area (Å²) in [5, 5.41) is 20.2. The number of aliphatic hydroxyl groups is 1. The average Bonchev–Trinajstić information content (AvgIpc) is 2.12. The Morgan fingerprint density at radius 1 is 1.46 bits per heavy atom. The van der Waals surface area contributed by atoms with Crippen molar-refractivity contribution in [2.45, 2.75) is 31.7 Å². The number of halogens is 3. The number of hydroxylamine groups is 1. The van der Waals surface area contributed by atoms with Gasteiger partial charge in [0.1, 0.15) is 6.10 Å². The van der Waals surface area contributed by atoms with Crippen LogP contribution >= 0.6 is 0 Å². The Labute approximate surface area is 73.1 Å². The van der Waals surface area contributed by atoms with Gasteiger partial charge in [0.2, 0.25) is 0 Å². The van der Waals surface area contributed by atoms with Crippen molar-refractivity contribution in [1.82, 2.24) is 0 Å². The van der Waals surface area contributed by atoms with E-state index in [-0.39, 0.29) is 4.74 Å². The number of hydrogen-bond donors (Lipinski definition) is 1. The molecule has 0 amide bonds. The first-order valence-electron chi connectivity index (χ1n) is 3.73. The van der Waals surface area contributed by atoms with Crippen molar-refractivity contribution in [3.05, 3.63) is 5.21 Å². The summed E-state index contributed by atoms with van der Waals surface area (Å²) in [5.41, 5.74) is -1.40. The molecule has 0 radical (unpaired) electrons. The van der Waals surface area contributed by atoms with Gasteiger partial charge in [-0.2, -0.15) is 13.2 Å². The van der Waals surface area contributed by atoms with E-state index in [4.69, 9.17) is 0 Å². The molecule has 1 heterocycles. The zero-order chi connectivity index (χ0) is 10.4. The molecule has 0 aromatic carbocycles. The minimum atomic E-state index is -4.56. The molecule has 0 spiro atoms. The van der Waals surface area contributed by atoms with E-state index in [1.807, 2.05) is 0 Å². The van der Waals surface area contributed by atoms with Crippen molar-refractivity contribution in [2.75, 3.05) is 0 Å². The van der Waals surface area contributed by atoms with Crippen LogP contribution in [-0.4, -0.2) is 33.9 Å². The minimum Gasteiger partial charge on any atom is -0.624 e. The summed E-state index contributed by atoms with van der Waals surface area (Å²) in [6.07, 6.45) is -5.79. The quantitative estimate of drug-likeness (QED) is 0.463. The van der Waals surface area contributed by atoms with Crippen LogP contribution < -0.4 is 0 Å². The van der Waals surface area contributed by atoms with Crippen molar-refractivity contribution in [3.63, 3.8) is 0 Å². The third kappa shape index (κ3) is 1.50. The van der Waals surface area contributed by atoms with E-state index in [2.05, 4.69) is 0 Å². The lowest BCUT2D eigenvalue weighted by Crippen LogP contribution is -2.44. The normalized spacial score (nSPS) is 33.2. The first-order chi connectivity index (χ1) is 5.67. The topological polar surface area (TPSA) is 46.3 Å². The van der Waals surface area contributed by atoms with Gasteiger partial charge in [-0.15, -0.1) is 0 Å². The molecule has 2 unspecified atom stereocenters. The Morgan fingerprint density at radius 2 is 1.92 bits per heavy atom. The molecular formula is C7H10F3NO2. The predicted molar refractivity (Wildman–Crippen MR) is 39.3 cm³/mol.